The lowest BCUT2D eigenvalue weighted by atomic mass is 10.4. The lowest BCUT2D eigenvalue weighted by Crippen LogP contribution is -2.17. The van der Waals surface area contributed by atoms with Crippen molar-refractivity contribution >= 4 is 20.2 Å². The van der Waals surface area contributed by atoms with Gasteiger partial charge in [0.25, 0.3) is 20.2 Å². The van der Waals surface area contributed by atoms with Crippen molar-refractivity contribution in [1.29, 1.82) is 0 Å². The normalized spacial score (nSPS) is 12.8. The Morgan fingerprint density at radius 3 is 1.41 bits per heavy atom. The first-order valence-electron chi connectivity index (χ1n) is 5.57. The van der Waals surface area contributed by atoms with E-state index in [-0.39, 0.29) is 11.5 Å². The van der Waals surface area contributed by atoms with E-state index in [4.69, 9.17) is 0 Å². The second-order valence-corrected chi connectivity index (χ2v) is 7.10. The van der Waals surface area contributed by atoms with Crippen LogP contribution in [0.2, 0.25) is 0 Å². The predicted octanol–water partition coefficient (Wildman–Crippen LogP) is 1.24. The molecule has 0 radical (unpaired) electrons. The maximum absolute atomic E-state index is 11.2. The molecule has 0 amide bonds. The van der Waals surface area contributed by atoms with Crippen LogP contribution in [0.25, 0.3) is 0 Å². The number of rotatable bonds is 10. The number of hydrogen-bond acceptors (Lipinski definition) is 6. The quantitative estimate of drug-likeness (QED) is 0.444. The minimum Gasteiger partial charge on any atom is -0.240 e. The molecule has 0 N–H and O–H groups in total. The minimum atomic E-state index is -3.68. The molecule has 0 heterocycles. The van der Waals surface area contributed by atoms with E-state index in [2.05, 4.69) is 8.37 Å². The Labute approximate surface area is 104 Å². The third-order valence-electron chi connectivity index (χ3n) is 1.95. The highest BCUT2D eigenvalue weighted by atomic mass is 32.2. The van der Waals surface area contributed by atoms with Crippen LogP contribution in [0.5, 0.6) is 0 Å². The Hall–Kier alpha value is -0.180. The molecule has 0 saturated carbocycles. The Morgan fingerprint density at radius 2 is 1.12 bits per heavy atom. The van der Waals surface area contributed by atoms with Gasteiger partial charge in [0.1, 0.15) is 0 Å². The standard InChI is InChI=1S/C9H20O6S2/c1-3-5-7-16(10,11)14-9-15-17(12,13)8-6-4-2/h3-9H2,1-2H3. The van der Waals surface area contributed by atoms with E-state index in [1.807, 2.05) is 13.8 Å². The van der Waals surface area contributed by atoms with Crippen LogP contribution < -0.4 is 0 Å². The number of unbranched alkanes of at least 4 members (excludes halogenated alkanes) is 2. The topological polar surface area (TPSA) is 86.7 Å². The lowest BCUT2D eigenvalue weighted by Gasteiger charge is -2.06. The first-order chi connectivity index (χ1) is 7.83. The molecular formula is C9H20O6S2. The van der Waals surface area contributed by atoms with E-state index in [0.29, 0.717) is 12.8 Å². The minimum absolute atomic E-state index is 0.123. The van der Waals surface area contributed by atoms with E-state index in [9.17, 15) is 16.8 Å². The Balaban J connectivity index is 3.98. The van der Waals surface area contributed by atoms with Crippen LogP contribution in [0.3, 0.4) is 0 Å². The van der Waals surface area contributed by atoms with Crippen LogP contribution in [-0.4, -0.2) is 35.1 Å². The molecule has 0 aliphatic heterocycles. The second-order valence-electron chi connectivity index (χ2n) is 3.58. The molecule has 17 heavy (non-hydrogen) atoms. The highest BCUT2D eigenvalue weighted by Crippen LogP contribution is 2.03. The zero-order chi connectivity index (χ0) is 13.4. The van der Waals surface area contributed by atoms with Crippen molar-refractivity contribution < 1.29 is 25.2 Å². The van der Waals surface area contributed by atoms with Crippen molar-refractivity contribution in [2.24, 2.45) is 0 Å². The lowest BCUT2D eigenvalue weighted by molar-refractivity contribution is 0.132. The molecule has 0 aliphatic carbocycles. The summed E-state index contributed by atoms with van der Waals surface area (Å²) in [5.74, 6) is -0.246. The summed E-state index contributed by atoms with van der Waals surface area (Å²) in [5.41, 5.74) is 0. The molecule has 0 aromatic rings. The summed E-state index contributed by atoms with van der Waals surface area (Å²) in [6, 6.07) is 0. The van der Waals surface area contributed by atoms with Gasteiger partial charge in [-0.25, -0.2) is 8.37 Å². The fourth-order valence-electron chi connectivity index (χ4n) is 0.926. The van der Waals surface area contributed by atoms with Crippen LogP contribution in [0.15, 0.2) is 0 Å². The molecule has 0 aromatic carbocycles. The summed E-state index contributed by atoms with van der Waals surface area (Å²) in [4.78, 5) is 0. The highest BCUT2D eigenvalue weighted by molar-refractivity contribution is 7.87. The molecule has 0 bridgehead atoms. The largest absolute Gasteiger partial charge is 0.269 e. The van der Waals surface area contributed by atoms with Gasteiger partial charge < -0.3 is 0 Å². The Bertz CT molecular complexity index is 346. The zero-order valence-corrected chi connectivity index (χ0v) is 11.8. The maximum Gasteiger partial charge on any atom is 0.269 e. The average Bonchev–Trinajstić information content (AvgIpc) is 2.23. The molecule has 0 atom stereocenters. The summed E-state index contributed by atoms with van der Waals surface area (Å²) >= 11 is 0. The molecule has 6 nitrogen and oxygen atoms in total. The summed E-state index contributed by atoms with van der Waals surface area (Å²) in [5, 5.41) is 0. The van der Waals surface area contributed by atoms with E-state index < -0.39 is 27.0 Å². The van der Waals surface area contributed by atoms with Crippen molar-refractivity contribution in [3.05, 3.63) is 0 Å². The van der Waals surface area contributed by atoms with Gasteiger partial charge in [-0.15, -0.1) is 0 Å². The first kappa shape index (κ1) is 16.8. The molecular weight excluding hydrogens is 268 g/mol. The van der Waals surface area contributed by atoms with Crippen LogP contribution in [0, 0.1) is 0 Å². The van der Waals surface area contributed by atoms with Gasteiger partial charge in [0, 0.05) is 0 Å². The summed E-state index contributed by atoms with van der Waals surface area (Å²) in [7, 11) is -7.35. The van der Waals surface area contributed by atoms with Gasteiger partial charge in [-0.05, 0) is 12.8 Å². The molecule has 0 saturated heterocycles. The van der Waals surface area contributed by atoms with Crippen LogP contribution in [0.1, 0.15) is 39.5 Å². The third-order valence-corrected chi connectivity index (χ3v) is 4.44. The Kier molecular flexibility index (Phi) is 7.93. The average molecular weight is 288 g/mol. The molecule has 0 aliphatic rings. The summed E-state index contributed by atoms with van der Waals surface area (Å²) in [6.45, 7) is 2.93. The van der Waals surface area contributed by atoms with E-state index in [1.165, 1.54) is 0 Å². The van der Waals surface area contributed by atoms with Crippen molar-refractivity contribution in [2.75, 3.05) is 18.3 Å². The van der Waals surface area contributed by atoms with Crippen molar-refractivity contribution in [2.45, 2.75) is 39.5 Å². The summed E-state index contributed by atoms with van der Waals surface area (Å²) < 4.78 is 53.6. The Morgan fingerprint density at radius 1 is 0.765 bits per heavy atom. The molecule has 0 unspecified atom stereocenters. The van der Waals surface area contributed by atoms with Crippen LogP contribution >= 0.6 is 0 Å². The SMILES string of the molecule is CCCCS(=O)(=O)OCOS(=O)(=O)CCCC. The van der Waals surface area contributed by atoms with Gasteiger partial charge >= 0.3 is 0 Å². The smallest absolute Gasteiger partial charge is 0.240 e. The van der Waals surface area contributed by atoms with Crippen molar-refractivity contribution in [1.82, 2.24) is 0 Å². The van der Waals surface area contributed by atoms with Gasteiger partial charge in [0.15, 0.2) is 6.79 Å². The van der Waals surface area contributed by atoms with Crippen LogP contribution in [0.4, 0.5) is 0 Å². The highest BCUT2D eigenvalue weighted by Gasteiger charge is 2.15. The third kappa shape index (κ3) is 9.51. The van der Waals surface area contributed by atoms with E-state index in [1.54, 1.807) is 0 Å². The molecule has 0 aromatic heterocycles. The zero-order valence-electron chi connectivity index (χ0n) is 10.2. The molecule has 0 rings (SSSR count). The fraction of sp³-hybridized carbons (Fsp3) is 1.00. The van der Waals surface area contributed by atoms with Crippen molar-refractivity contribution in [3.63, 3.8) is 0 Å². The predicted molar refractivity (Wildman–Crippen MR) is 64.4 cm³/mol. The van der Waals surface area contributed by atoms with E-state index in [0.717, 1.165) is 12.8 Å². The number of hydrogen-bond donors (Lipinski definition) is 0. The van der Waals surface area contributed by atoms with Gasteiger partial charge in [-0.1, -0.05) is 26.7 Å². The van der Waals surface area contributed by atoms with Crippen LogP contribution in [-0.2, 0) is 28.6 Å². The van der Waals surface area contributed by atoms with Gasteiger partial charge in [0.2, 0.25) is 0 Å². The van der Waals surface area contributed by atoms with Crippen molar-refractivity contribution in [3.8, 4) is 0 Å². The summed E-state index contributed by atoms with van der Waals surface area (Å²) in [6.07, 6.45) is 2.40. The van der Waals surface area contributed by atoms with Gasteiger partial charge in [-0.2, -0.15) is 16.8 Å². The van der Waals surface area contributed by atoms with Gasteiger partial charge in [-0.3, -0.25) is 0 Å². The molecule has 0 fully saturated rings. The molecule has 0 spiro atoms. The molecule has 104 valence electrons. The van der Waals surface area contributed by atoms with Gasteiger partial charge in [0.05, 0.1) is 11.5 Å². The second kappa shape index (κ2) is 8.02. The van der Waals surface area contributed by atoms with E-state index >= 15 is 0 Å². The fourth-order valence-corrected chi connectivity index (χ4v) is 2.90. The maximum atomic E-state index is 11.2. The monoisotopic (exact) mass is 288 g/mol. The first-order valence-corrected chi connectivity index (χ1v) is 8.72. The molecule has 8 heteroatoms.